The van der Waals surface area contributed by atoms with E-state index in [0.29, 0.717) is 25.3 Å². The van der Waals surface area contributed by atoms with E-state index in [-0.39, 0.29) is 5.91 Å². The summed E-state index contributed by atoms with van der Waals surface area (Å²) in [5, 5.41) is 2.91. The fraction of sp³-hybridized carbons (Fsp3) is 0.235. The lowest BCUT2D eigenvalue weighted by atomic mass is 10.1. The number of carbonyl (C=O) groups excluding carboxylic acids is 1. The van der Waals surface area contributed by atoms with Crippen LogP contribution in [0.4, 0.5) is 0 Å². The second kappa shape index (κ2) is 7.45. The van der Waals surface area contributed by atoms with Crippen LogP contribution in [0.15, 0.2) is 48.5 Å². The first-order chi connectivity index (χ1) is 10.2. The van der Waals surface area contributed by atoms with Gasteiger partial charge in [0.05, 0.1) is 6.61 Å². The molecular weight excluding hydrogens is 264 g/mol. The van der Waals surface area contributed by atoms with Crippen LogP contribution in [0, 0.1) is 0 Å². The Morgan fingerprint density at radius 3 is 2.38 bits per heavy atom. The molecule has 0 bridgehead atoms. The molecule has 21 heavy (non-hydrogen) atoms. The van der Waals surface area contributed by atoms with Crippen molar-refractivity contribution in [2.24, 2.45) is 5.73 Å². The van der Waals surface area contributed by atoms with Gasteiger partial charge in [-0.2, -0.15) is 0 Å². The maximum Gasteiger partial charge on any atom is 0.251 e. The molecule has 0 unspecified atom stereocenters. The summed E-state index contributed by atoms with van der Waals surface area (Å²) in [5.74, 6) is 0.660. The lowest BCUT2D eigenvalue weighted by Crippen LogP contribution is -2.23. The molecule has 0 atom stereocenters. The third kappa shape index (κ3) is 4.07. The molecule has 3 N–H and O–H groups in total. The van der Waals surface area contributed by atoms with Crippen LogP contribution in [0.25, 0.3) is 0 Å². The van der Waals surface area contributed by atoms with E-state index in [1.54, 1.807) is 24.3 Å². The van der Waals surface area contributed by atoms with Crippen molar-refractivity contribution in [3.63, 3.8) is 0 Å². The van der Waals surface area contributed by atoms with Gasteiger partial charge < -0.3 is 15.8 Å². The molecule has 0 heterocycles. The number of carbonyl (C=O) groups is 1. The van der Waals surface area contributed by atoms with Gasteiger partial charge in [0.25, 0.3) is 5.91 Å². The van der Waals surface area contributed by atoms with E-state index in [9.17, 15) is 4.79 Å². The van der Waals surface area contributed by atoms with Crippen molar-refractivity contribution in [1.82, 2.24) is 5.32 Å². The normalized spacial score (nSPS) is 10.2. The van der Waals surface area contributed by atoms with E-state index in [4.69, 9.17) is 10.5 Å². The lowest BCUT2D eigenvalue weighted by Gasteiger charge is -2.10. The number of ether oxygens (including phenoxy) is 1. The van der Waals surface area contributed by atoms with Gasteiger partial charge in [-0.05, 0) is 42.3 Å². The maximum absolute atomic E-state index is 12.1. The zero-order chi connectivity index (χ0) is 15.1. The van der Waals surface area contributed by atoms with Crippen LogP contribution >= 0.6 is 0 Å². The molecular formula is C17H20N2O2. The standard InChI is InChI=1S/C17H20N2O2/c1-2-21-16-9-7-13(8-10-16)17(20)19-12-15-6-4-3-5-14(15)11-18/h3-10H,2,11-12,18H2,1H3,(H,19,20). The Morgan fingerprint density at radius 2 is 1.76 bits per heavy atom. The number of hydrogen-bond acceptors (Lipinski definition) is 3. The van der Waals surface area contributed by atoms with E-state index in [0.717, 1.165) is 16.9 Å². The van der Waals surface area contributed by atoms with Crippen molar-refractivity contribution < 1.29 is 9.53 Å². The van der Waals surface area contributed by atoms with Gasteiger partial charge in [-0.25, -0.2) is 0 Å². The molecule has 0 fully saturated rings. The molecule has 0 saturated heterocycles. The molecule has 2 rings (SSSR count). The van der Waals surface area contributed by atoms with Crippen molar-refractivity contribution in [3.05, 3.63) is 65.2 Å². The predicted molar refractivity (Wildman–Crippen MR) is 83.1 cm³/mol. The highest BCUT2D eigenvalue weighted by Crippen LogP contribution is 2.12. The monoisotopic (exact) mass is 284 g/mol. The van der Waals surface area contributed by atoms with Gasteiger partial charge in [0.2, 0.25) is 0 Å². The van der Waals surface area contributed by atoms with E-state index in [2.05, 4.69) is 5.32 Å². The first kappa shape index (κ1) is 15.1. The van der Waals surface area contributed by atoms with E-state index < -0.39 is 0 Å². The van der Waals surface area contributed by atoms with Gasteiger partial charge in [0.15, 0.2) is 0 Å². The summed E-state index contributed by atoms with van der Waals surface area (Å²) in [7, 11) is 0. The molecule has 4 nitrogen and oxygen atoms in total. The summed E-state index contributed by atoms with van der Waals surface area (Å²) < 4.78 is 5.35. The van der Waals surface area contributed by atoms with Crippen LogP contribution in [0.3, 0.4) is 0 Å². The van der Waals surface area contributed by atoms with Crippen LogP contribution in [-0.4, -0.2) is 12.5 Å². The number of hydrogen-bond donors (Lipinski definition) is 2. The highest BCUT2D eigenvalue weighted by atomic mass is 16.5. The molecule has 1 amide bonds. The molecule has 0 saturated carbocycles. The van der Waals surface area contributed by atoms with Crippen molar-refractivity contribution in [2.45, 2.75) is 20.0 Å². The van der Waals surface area contributed by atoms with E-state index in [1.165, 1.54) is 0 Å². The Hall–Kier alpha value is -2.33. The van der Waals surface area contributed by atoms with Gasteiger partial charge in [-0.15, -0.1) is 0 Å². The molecule has 0 spiro atoms. The number of benzene rings is 2. The third-order valence-corrected chi connectivity index (χ3v) is 3.21. The Kier molecular flexibility index (Phi) is 5.35. The second-order valence-corrected chi connectivity index (χ2v) is 4.61. The smallest absolute Gasteiger partial charge is 0.251 e. The summed E-state index contributed by atoms with van der Waals surface area (Å²) in [6, 6.07) is 14.9. The number of nitrogens with two attached hydrogens (primary N) is 1. The van der Waals surface area contributed by atoms with Crippen molar-refractivity contribution in [2.75, 3.05) is 6.61 Å². The summed E-state index contributed by atoms with van der Waals surface area (Å²) >= 11 is 0. The van der Waals surface area contributed by atoms with Crippen LogP contribution in [0.5, 0.6) is 5.75 Å². The van der Waals surface area contributed by atoms with Gasteiger partial charge in [-0.3, -0.25) is 4.79 Å². The molecule has 0 aliphatic rings. The minimum atomic E-state index is -0.107. The van der Waals surface area contributed by atoms with E-state index in [1.807, 2.05) is 31.2 Å². The number of amides is 1. The van der Waals surface area contributed by atoms with Gasteiger partial charge in [0.1, 0.15) is 5.75 Å². The fourth-order valence-corrected chi connectivity index (χ4v) is 2.08. The molecule has 2 aromatic rings. The van der Waals surface area contributed by atoms with Crippen molar-refractivity contribution in [3.8, 4) is 5.75 Å². The summed E-state index contributed by atoms with van der Waals surface area (Å²) in [6.45, 7) is 3.48. The Balaban J connectivity index is 1.98. The fourth-order valence-electron chi connectivity index (χ4n) is 2.08. The quantitative estimate of drug-likeness (QED) is 0.856. The minimum Gasteiger partial charge on any atom is -0.494 e. The minimum absolute atomic E-state index is 0.107. The average molecular weight is 284 g/mol. The summed E-state index contributed by atoms with van der Waals surface area (Å²) in [6.07, 6.45) is 0. The van der Waals surface area contributed by atoms with Gasteiger partial charge >= 0.3 is 0 Å². The summed E-state index contributed by atoms with van der Waals surface area (Å²) in [5.41, 5.74) is 8.39. The number of nitrogens with one attached hydrogen (secondary N) is 1. The number of rotatable bonds is 6. The van der Waals surface area contributed by atoms with Crippen molar-refractivity contribution in [1.29, 1.82) is 0 Å². The summed E-state index contributed by atoms with van der Waals surface area (Å²) in [4.78, 5) is 12.1. The molecule has 0 aromatic heterocycles. The Labute approximate surface area is 124 Å². The molecule has 0 aliphatic heterocycles. The second-order valence-electron chi connectivity index (χ2n) is 4.61. The molecule has 110 valence electrons. The zero-order valence-electron chi connectivity index (χ0n) is 12.1. The van der Waals surface area contributed by atoms with Crippen LogP contribution in [0.2, 0.25) is 0 Å². The zero-order valence-corrected chi connectivity index (χ0v) is 12.1. The first-order valence-corrected chi connectivity index (χ1v) is 7.02. The molecule has 0 radical (unpaired) electrons. The lowest BCUT2D eigenvalue weighted by molar-refractivity contribution is 0.0951. The van der Waals surface area contributed by atoms with Gasteiger partial charge in [-0.1, -0.05) is 24.3 Å². The van der Waals surface area contributed by atoms with Crippen molar-refractivity contribution >= 4 is 5.91 Å². The highest BCUT2D eigenvalue weighted by molar-refractivity contribution is 5.94. The van der Waals surface area contributed by atoms with Gasteiger partial charge in [0, 0.05) is 18.7 Å². The predicted octanol–water partition coefficient (Wildman–Crippen LogP) is 2.47. The third-order valence-electron chi connectivity index (χ3n) is 3.21. The Morgan fingerprint density at radius 1 is 1.10 bits per heavy atom. The largest absolute Gasteiger partial charge is 0.494 e. The molecule has 4 heteroatoms. The highest BCUT2D eigenvalue weighted by Gasteiger charge is 2.07. The van der Waals surface area contributed by atoms with E-state index >= 15 is 0 Å². The first-order valence-electron chi connectivity index (χ1n) is 7.02. The topological polar surface area (TPSA) is 64.3 Å². The molecule has 2 aromatic carbocycles. The Bertz CT molecular complexity index is 594. The van der Waals surface area contributed by atoms with Crippen LogP contribution in [0.1, 0.15) is 28.4 Å². The average Bonchev–Trinajstić information content (AvgIpc) is 2.54. The SMILES string of the molecule is CCOc1ccc(C(=O)NCc2ccccc2CN)cc1. The van der Waals surface area contributed by atoms with Crippen LogP contribution in [-0.2, 0) is 13.1 Å². The van der Waals surface area contributed by atoms with Crippen LogP contribution < -0.4 is 15.8 Å². The maximum atomic E-state index is 12.1. The molecule has 0 aliphatic carbocycles.